The summed E-state index contributed by atoms with van der Waals surface area (Å²) >= 11 is 0. The first-order chi connectivity index (χ1) is 12.8. The first-order valence-corrected chi connectivity index (χ1v) is 9.31. The van der Waals surface area contributed by atoms with E-state index in [0.717, 1.165) is 0 Å². The van der Waals surface area contributed by atoms with Crippen molar-refractivity contribution in [1.82, 2.24) is 0 Å². The van der Waals surface area contributed by atoms with Crippen molar-refractivity contribution >= 4 is 27.4 Å². The maximum absolute atomic E-state index is 12.7. The van der Waals surface area contributed by atoms with E-state index in [2.05, 4.69) is 4.72 Å². The first-order valence-electron chi connectivity index (χ1n) is 7.82. The van der Waals surface area contributed by atoms with Crippen LogP contribution in [-0.2, 0) is 10.0 Å². The Bertz CT molecular complexity index is 1130. The van der Waals surface area contributed by atoms with Crippen LogP contribution in [0.25, 0.3) is 11.1 Å². The monoisotopic (exact) mass is 384 g/mol. The van der Waals surface area contributed by atoms with Gasteiger partial charge in [0.15, 0.2) is 5.75 Å². The Kier molecular flexibility index (Phi) is 4.74. The Balaban J connectivity index is 2.00. The molecule has 0 heterocycles. The van der Waals surface area contributed by atoms with Gasteiger partial charge in [-0.15, -0.1) is 0 Å². The van der Waals surface area contributed by atoms with Crippen LogP contribution in [0.4, 0.5) is 11.4 Å². The molecule has 0 amide bonds. The van der Waals surface area contributed by atoms with E-state index in [0.29, 0.717) is 16.8 Å². The fraction of sp³-hybridized carbons (Fsp3) is 0. The quantitative estimate of drug-likeness (QED) is 0.395. The molecule has 0 aliphatic heterocycles. The molecule has 27 heavy (non-hydrogen) atoms. The summed E-state index contributed by atoms with van der Waals surface area (Å²) in [6, 6.07) is 17.0. The average molecular weight is 384 g/mol. The summed E-state index contributed by atoms with van der Waals surface area (Å²) in [6.07, 6.45) is 0. The lowest BCUT2D eigenvalue weighted by Crippen LogP contribution is -2.14. The minimum Gasteiger partial charge on any atom is -0.505 e. The number of nitrogens with one attached hydrogen (secondary N) is 1. The molecule has 0 fully saturated rings. The number of aromatic carboxylic acids is 1. The number of hydrogen-bond acceptors (Lipinski definition) is 5. The molecule has 0 aromatic heterocycles. The topological polar surface area (TPSA) is 130 Å². The number of carboxylic acid groups (broad SMARTS) is 1. The van der Waals surface area contributed by atoms with Gasteiger partial charge < -0.3 is 15.9 Å². The molecular formula is C19H16N2O5S. The summed E-state index contributed by atoms with van der Waals surface area (Å²) < 4.78 is 27.6. The number of phenols is 1. The summed E-state index contributed by atoms with van der Waals surface area (Å²) in [6.45, 7) is 0. The highest BCUT2D eigenvalue weighted by Crippen LogP contribution is 2.31. The largest absolute Gasteiger partial charge is 0.505 e. The van der Waals surface area contributed by atoms with Gasteiger partial charge in [0.2, 0.25) is 0 Å². The molecule has 138 valence electrons. The van der Waals surface area contributed by atoms with Crippen LogP contribution in [0.15, 0.2) is 71.6 Å². The third kappa shape index (κ3) is 3.70. The Morgan fingerprint density at radius 3 is 2.37 bits per heavy atom. The highest BCUT2D eigenvalue weighted by atomic mass is 32.2. The molecule has 0 saturated heterocycles. The number of para-hydroxylation sites is 2. The number of benzene rings is 3. The number of anilines is 2. The van der Waals surface area contributed by atoms with E-state index in [1.165, 1.54) is 30.3 Å². The van der Waals surface area contributed by atoms with E-state index >= 15 is 0 Å². The number of hydrogen-bond donors (Lipinski definition) is 4. The molecular weight excluding hydrogens is 368 g/mol. The third-order valence-electron chi connectivity index (χ3n) is 3.93. The van der Waals surface area contributed by atoms with Crippen LogP contribution in [0.3, 0.4) is 0 Å². The van der Waals surface area contributed by atoms with Gasteiger partial charge in [-0.2, -0.15) is 0 Å². The average Bonchev–Trinajstić information content (AvgIpc) is 2.63. The zero-order valence-electron chi connectivity index (χ0n) is 14.0. The fourth-order valence-corrected chi connectivity index (χ4v) is 3.70. The van der Waals surface area contributed by atoms with Gasteiger partial charge in [-0.3, -0.25) is 4.72 Å². The number of rotatable bonds is 5. The van der Waals surface area contributed by atoms with Crippen molar-refractivity contribution in [2.45, 2.75) is 4.90 Å². The maximum Gasteiger partial charge on any atom is 0.339 e. The predicted octanol–water partition coefficient (Wildman–Crippen LogP) is 3.14. The van der Waals surface area contributed by atoms with Gasteiger partial charge in [-0.25, -0.2) is 13.2 Å². The smallest absolute Gasteiger partial charge is 0.339 e. The van der Waals surface area contributed by atoms with E-state index in [4.69, 9.17) is 10.8 Å². The van der Waals surface area contributed by atoms with Gasteiger partial charge in [-0.05, 0) is 35.9 Å². The summed E-state index contributed by atoms with van der Waals surface area (Å²) in [7, 11) is -4.07. The van der Waals surface area contributed by atoms with Crippen molar-refractivity contribution in [2.75, 3.05) is 10.5 Å². The number of carbonyl (C=O) groups is 1. The first kappa shape index (κ1) is 18.3. The van der Waals surface area contributed by atoms with Crippen LogP contribution in [0, 0.1) is 0 Å². The van der Waals surface area contributed by atoms with Crippen LogP contribution in [0.5, 0.6) is 5.75 Å². The summed E-state index contributed by atoms with van der Waals surface area (Å²) in [5.74, 6) is -2.02. The highest BCUT2D eigenvalue weighted by molar-refractivity contribution is 7.92. The second-order valence-corrected chi connectivity index (χ2v) is 7.41. The molecule has 3 aromatic rings. The fourth-order valence-electron chi connectivity index (χ4n) is 2.59. The lowest BCUT2D eigenvalue weighted by molar-refractivity contribution is 0.0694. The molecule has 0 aliphatic carbocycles. The lowest BCUT2D eigenvalue weighted by Gasteiger charge is -2.12. The van der Waals surface area contributed by atoms with Crippen LogP contribution < -0.4 is 10.5 Å². The van der Waals surface area contributed by atoms with Crippen molar-refractivity contribution in [3.05, 3.63) is 72.3 Å². The van der Waals surface area contributed by atoms with Crippen molar-refractivity contribution < 1.29 is 23.4 Å². The SMILES string of the molecule is Nc1ccccc1-c1cccc(S(=O)(=O)Nc2cccc(C(=O)O)c2O)c1. The molecule has 0 spiro atoms. The molecule has 7 nitrogen and oxygen atoms in total. The predicted molar refractivity (Wildman–Crippen MR) is 102 cm³/mol. The van der Waals surface area contributed by atoms with Gasteiger partial charge in [-0.1, -0.05) is 36.4 Å². The standard InChI is InChI=1S/C19H16N2O5S/c20-16-9-2-1-7-14(16)12-5-3-6-13(11-12)27(25,26)21-17-10-4-8-15(18(17)22)19(23)24/h1-11,21-22H,20H2,(H,23,24). The maximum atomic E-state index is 12.7. The zero-order valence-corrected chi connectivity index (χ0v) is 14.8. The van der Waals surface area contributed by atoms with Crippen molar-refractivity contribution in [2.24, 2.45) is 0 Å². The van der Waals surface area contributed by atoms with E-state index in [1.54, 1.807) is 36.4 Å². The summed E-state index contributed by atoms with van der Waals surface area (Å²) in [5.41, 5.74) is 7.12. The van der Waals surface area contributed by atoms with Crippen molar-refractivity contribution in [3.63, 3.8) is 0 Å². The summed E-state index contributed by atoms with van der Waals surface area (Å²) in [4.78, 5) is 11.0. The number of aromatic hydroxyl groups is 1. The molecule has 0 aliphatic rings. The summed E-state index contributed by atoms with van der Waals surface area (Å²) in [5, 5.41) is 19.1. The van der Waals surface area contributed by atoms with E-state index < -0.39 is 27.3 Å². The third-order valence-corrected chi connectivity index (χ3v) is 5.29. The molecule has 0 unspecified atom stereocenters. The Hall–Kier alpha value is -3.52. The van der Waals surface area contributed by atoms with Crippen LogP contribution in [-0.4, -0.2) is 24.6 Å². The molecule has 5 N–H and O–H groups in total. The van der Waals surface area contributed by atoms with Crippen LogP contribution >= 0.6 is 0 Å². The molecule has 3 rings (SSSR count). The van der Waals surface area contributed by atoms with Gasteiger partial charge in [0.25, 0.3) is 10.0 Å². The van der Waals surface area contributed by atoms with Gasteiger partial charge >= 0.3 is 5.97 Å². The molecule has 3 aromatic carbocycles. The van der Waals surface area contributed by atoms with Crippen molar-refractivity contribution in [3.8, 4) is 16.9 Å². The minimum absolute atomic E-state index is 0.0524. The molecule has 0 bridgehead atoms. The molecule has 8 heteroatoms. The molecule has 0 atom stereocenters. The van der Waals surface area contributed by atoms with E-state index in [9.17, 15) is 18.3 Å². The number of nitrogen functional groups attached to an aromatic ring is 1. The lowest BCUT2D eigenvalue weighted by atomic mass is 10.0. The van der Waals surface area contributed by atoms with Crippen LogP contribution in [0.1, 0.15) is 10.4 Å². The number of nitrogens with two attached hydrogens (primary N) is 1. The highest BCUT2D eigenvalue weighted by Gasteiger charge is 2.20. The normalized spacial score (nSPS) is 11.1. The second-order valence-electron chi connectivity index (χ2n) is 5.73. The Morgan fingerprint density at radius 1 is 0.963 bits per heavy atom. The second kappa shape index (κ2) is 7.00. The van der Waals surface area contributed by atoms with E-state index in [-0.39, 0.29) is 10.6 Å². The Labute approximate surface area is 155 Å². The Morgan fingerprint density at radius 2 is 1.67 bits per heavy atom. The molecule has 0 saturated carbocycles. The number of sulfonamides is 1. The van der Waals surface area contributed by atoms with Gasteiger partial charge in [0, 0.05) is 11.3 Å². The van der Waals surface area contributed by atoms with E-state index in [1.807, 2.05) is 0 Å². The van der Waals surface area contributed by atoms with Crippen molar-refractivity contribution in [1.29, 1.82) is 0 Å². The molecule has 0 radical (unpaired) electrons. The van der Waals surface area contributed by atoms with Gasteiger partial charge in [0.1, 0.15) is 5.56 Å². The zero-order chi connectivity index (χ0) is 19.6. The minimum atomic E-state index is -4.07. The number of carboxylic acids is 1. The van der Waals surface area contributed by atoms with Crippen LogP contribution in [0.2, 0.25) is 0 Å². The van der Waals surface area contributed by atoms with Gasteiger partial charge in [0.05, 0.1) is 10.6 Å².